The van der Waals surface area contributed by atoms with Crippen molar-refractivity contribution in [1.29, 1.82) is 0 Å². The zero-order valence-electron chi connectivity index (χ0n) is 10.2. The largest absolute Gasteiger partial charge is 0.355 e. The monoisotopic (exact) mass is 253 g/mol. The summed E-state index contributed by atoms with van der Waals surface area (Å²) in [4.78, 5) is 17.7. The van der Waals surface area contributed by atoms with Gasteiger partial charge in [-0.15, -0.1) is 0 Å². The number of anilines is 1. The molecular weight excluding hydrogens is 238 g/mol. The van der Waals surface area contributed by atoms with E-state index < -0.39 is 0 Å². The topological polar surface area (TPSA) is 57.7 Å². The van der Waals surface area contributed by atoms with Gasteiger partial charge in [-0.05, 0) is 24.4 Å². The number of hydrogen-bond acceptors (Lipinski definition) is 4. The number of rotatable bonds is 4. The Bertz CT molecular complexity index is 508. The Kier molecular flexibility index (Phi) is 3.47. The number of nitrogens with zero attached hydrogens (tertiary/aromatic N) is 4. The molecule has 5 nitrogen and oxygen atoms in total. The quantitative estimate of drug-likeness (QED) is 0.851. The maximum Gasteiger partial charge on any atom is 0.226 e. The van der Waals surface area contributed by atoms with Crippen LogP contribution in [-0.2, 0) is 0 Å². The second-order valence-corrected chi connectivity index (χ2v) is 4.69. The third-order valence-corrected chi connectivity index (χ3v) is 2.68. The molecule has 6 heteroatoms. The van der Waals surface area contributed by atoms with Gasteiger partial charge in [-0.1, -0.05) is 13.8 Å². The molecule has 1 N–H and O–H groups in total. The van der Waals surface area contributed by atoms with E-state index >= 15 is 0 Å². The minimum atomic E-state index is 0.238. The SMILES string of the molecule is CCN(CC(C)C)c1nc(Cl)nc2nc[nH]c12. The molecule has 17 heavy (non-hydrogen) atoms. The van der Waals surface area contributed by atoms with Gasteiger partial charge in [0.25, 0.3) is 0 Å². The van der Waals surface area contributed by atoms with Gasteiger partial charge >= 0.3 is 0 Å². The van der Waals surface area contributed by atoms with Crippen LogP contribution in [0.4, 0.5) is 5.82 Å². The van der Waals surface area contributed by atoms with E-state index in [1.54, 1.807) is 6.33 Å². The van der Waals surface area contributed by atoms with Crippen molar-refractivity contribution < 1.29 is 0 Å². The molecule has 0 aromatic carbocycles. The van der Waals surface area contributed by atoms with Gasteiger partial charge in [-0.25, -0.2) is 4.98 Å². The van der Waals surface area contributed by atoms with E-state index in [1.807, 2.05) is 0 Å². The second kappa shape index (κ2) is 4.87. The molecule has 0 saturated carbocycles. The van der Waals surface area contributed by atoms with Crippen molar-refractivity contribution in [2.24, 2.45) is 5.92 Å². The number of nitrogens with one attached hydrogen (secondary N) is 1. The zero-order chi connectivity index (χ0) is 12.4. The molecule has 0 aliphatic carbocycles. The molecule has 0 aliphatic rings. The van der Waals surface area contributed by atoms with Gasteiger partial charge < -0.3 is 9.88 Å². The molecule has 0 unspecified atom stereocenters. The number of fused-ring (bicyclic) bond motifs is 1. The number of halogens is 1. The summed E-state index contributed by atoms with van der Waals surface area (Å²) in [5, 5.41) is 0.238. The van der Waals surface area contributed by atoms with E-state index in [2.05, 4.69) is 45.6 Å². The summed E-state index contributed by atoms with van der Waals surface area (Å²) in [6, 6.07) is 0. The summed E-state index contributed by atoms with van der Waals surface area (Å²) in [7, 11) is 0. The fraction of sp³-hybridized carbons (Fsp3) is 0.545. The molecule has 0 amide bonds. The highest BCUT2D eigenvalue weighted by Gasteiger charge is 2.15. The van der Waals surface area contributed by atoms with Gasteiger partial charge in [0.1, 0.15) is 5.52 Å². The van der Waals surface area contributed by atoms with E-state index in [0.717, 1.165) is 24.4 Å². The first-order chi connectivity index (χ1) is 8.11. The van der Waals surface area contributed by atoms with Gasteiger partial charge in [0.2, 0.25) is 5.28 Å². The maximum absolute atomic E-state index is 5.92. The summed E-state index contributed by atoms with van der Waals surface area (Å²) in [6.07, 6.45) is 1.61. The lowest BCUT2D eigenvalue weighted by Crippen LogP contribution is -2.28. The van der Waals surface area contributed by atoms with Gasteiger partial charge in [-0.3, -0.25) is 0 Å². The molecule has 0 saturated heterocycles. The van der Waals surface area contributed by atoms with Crippen LogP contribution in [0.5, 0.6) is 0 Å². The van der Waals surface area contributed by atoms with E-state index in [0.29, 0.717) is 11.6 Å². The number of aromatic nitrogens is 4. The van der Waals surface area contributed by atoms with Gasteiger partial charge in [0.05, 0.1) is 6.33 Å². The molecule has 2 rings (SSSR count). The highest BCUT2D eigenvalue weighted by molar-refractivity contribution is 6.28. The first-order valence-corrected chi connectivity index (χ1v) is 6.11. The average molecular weight is 254 g/mol. The lowest BCUT2D eigenvalue weighted by Gasteiger charge is -2.24. The zero-order valence-corrected chi connectivity index (χ0v) is 11.0. The highest BCUT2D eigenvalue weighted by Crippen LogP contribution is 2.23. The summed E-state index contributed by atoms with van der Waals surface area (Å²) < 4.78 is 0. The molecule has 2 aromatic heterocycles. The molecule has 0 aliphatic heterocycles. The number of aromatic amines is 1. The van der Waals surface area contributed by atoms with Crippen LogP contribution in [0.3, 0.4) is 0 Å². The van der Waals surface area contributed by atoms with Crippen molar-refractivity contribution in [2.45, 2.75) is 20.8 Å². The molecule has 92 valence electrons. The van der Waals surface area contributed by atoms with Crippen LogP contribution in [-0.4, -0.2) is 33.0 Å². The van der Waals surface area contributed by atoms with Crippen LogP contribution in [0.25, 0.3) is 11.2 Å². The van der Waals surface area contributed by atoms with E-state index in [-0.39, 0.29) is 5.28 Å². The number of hydrogen-bond donors (Lipinski definition) is 1. The van der Waals surface area contributed by atoms with Crippen LogP contribution in [0.1, 0.15) is 20.8 Å². The van der Waals surface area contributed by atoms with Gasteiger partial charge in [0.15, 0.2) is 11.5 Å². The lowest BCUT2D eigenvalue weighted by atomic mass is 10.2. The van der Waals surface area contributed by atoms with Crippen molar-refractivity contribution >= 4 is 28.6 Å². The van der Waals surface area contributed by atoms with Gasteiger partial charge in [-0.2, -0.15) is 9.97 Å². The Morgan fingerprint density at radius 3 is 2.82 bits per heavy atom. The van der Waals surface area contributed by atoms with Gasteiger partial charge in [0, 0.05) is 13.1 Å². The number of imidazole rings is 1. The Morgan fingerprint density at radius 2 is 2.18 bits per heavy atom. The van der Waals surface area contributed by atoms with Crippen LogP contribution in [0.15, 0.2) is 6.33 Å². The van der Waals surface area contributed by atoms with E-state index in [1.165, 1.54) is 0 Å². The number of H-pyrrole nitrogens is 1. The summed E-state index contributed by atoms with van der Waals surface area (Å²) >= 11 is 5.92. The van der Waals surface area contributed by atoms with Crippen molar-refractivity contribution in [3.8, 4) is 0 Å². The summed E-state index contributed by atoms with van der Waals surface area (Å²) in [5.74, 6) is 1.38. The van der Waals surface area contributed by atoms with E-state index in [9.17, 15) is 0 Å². The molecular formula is C11H16ClN5. The predicted molar refractivity (Wildman–Crippen MR) is 69.4 cm³/mol. The molecule has 0 fully saturated rings. The Morgan fingerprint density at radius 1 is 1.41 bits per heavy atom. The Labute approximate surface area is 105 Å². The lowest BCUT2D eigenvalue weighted by molar-refractivity contribution is 0.615. The Balaban J connectivity index is 2.47. The predicted octanol–water partition coefficient (Wildman–Crippen LogP) is 2.49. The van der Waals surface area contributed by atoms with Crippen molar-refractivity contribution in [3.63, 3.8) is 0 Å². The second-order valence-electron chi connectivity index (χ2n) is 4.35. The van der Waals surface area contributed by atoms with Crippen LogP contribution in [0.2, 0.25) is 5.28 Å². The molecule has 0 atom stereocenters. The van der Waals surface area contributed by atoms with Crippen LogP contribution < -0.4 is 4.90 Å². The van der Waals surface area contributed by atoms with E-state index in [4.69, 9.17) is 11.6 Å². The molecule has 2 aromatic rings. The molecule has 0 radical (unpaired) electrons. The third kappa shape index (κ3) is 2.49. The smallest absolute Gasteiger partial charge is 0.226 e. The normalized spacial score (nSPS) is 11.4. The average Bonchev–Trinajstić information content (AvgIpc) is 2.72. The van der Waals surface area contributed by atoms with Crippen molar-refractivity contribution in [3.05, 3.63) is 11.6 Å². The molecule has 2 heterocycles. The standard InChI is InChI=1S/C11H16ClN5/c1-4-17(5-7(2)3)10-8-9(14-6-13-8)15-11(12)16-10/h6-7H,4-5H2,1-3H3,(H,13,14,15,16). The Hall–Kier alpha value is -1.36. The highest BCUT2D eigenvalue weighted by atomic mass is 35.5. The fourth-order valence-electron chi connectivity index (χ4n) is 1.83. The molecule has 0 bridgehead atoms. The van der Waals surface area contributed by atoms with Crippen molar-refractivity contribution in [1.82, 2.24) is 19.9 Å². The first kappa shape index (κ1) is 12.1. The minimum absolute atomic E-state index is 0.238. The third-order valence-electron chi connectivity index (χ3n) is 2.51. The molecule has 0 spiro atoms. The van der Waals surface area contributed by atoms with Crippen LogP contribution in [0, 0.1) is 5.92 Å². The fourth-order valence-corrected chi connectivity index (χ4v) is 1.99. The summed E-state index contributed by atoms with van der Waals surface area (Å²) in [5.41, 5.74) is 1.46. The minimum Gasteiger partial charge on any atom is -0.355 e. The van der Waals surface area contributed by atoms with Crippen LogP contribution >= 0.6 is 11.6 Å². The van der Waals surface area contributed by atoms with Crippen molar-refractivity contribution in [2.75, 3.05) is 18.0 Å². The first-order valence-electron chi connectivity index (χ1n) is 5.73. The summed E-state index contributed by atoms with van der Waals surface area (Å²) in [6.45, 7) is 8.25. The maximum atomic E-state index is 5.92.